The van der Waals surface area contributed by atoms with Gasteiger partial charge >= 0.3 is 0 Å². The highest BCUT2D eigenvalue weighted by Crippen LogP contribution is 2.34. The lowest BCUT2D eigenvalue weighted by atomic mass is 9.78. The molecule has 27 heavy (non-hydrogen) atoms. The summed E-state index contributed by atoms with van der Waals surface area (Å²) in [5.74, 6) is 1.98. The van der Waals surface area contributed by atoms with Gasteiger partial charge in [-0.15, -0.1) is 0 Å². The summed E-state index contributed by atoms with van der Waals surface area (Å²) in [6.45, 7) is 5.19. The maximum atomic E-state index is 12.3. The van der Waals surface area contributed by atoms with Crippen LogP contribution in [0.3, 0.4) is 0 Å². The van der Waals surface area contributed by atoms with E-state index in [-0.39, 0.29) is 5.92 Å². The average molecular weight is 365 g/mol. The van der Waals surface area contributed by atoms with Crippen molar-refractivity contribution >= 4 is 5.78 Å². The third kappa shape index (κ3) is 5.45. The fourth-order valence-corrected chi connectivity index (χ4v) is 3.92. The Balaban J connectivity index is 1.57. The van der Waals surface area contributed by atoms with E-state index in [1.54, 1.807) is 0 Å². The number of hydrogen-bond acceptors (Lipinski definition) is 2. The Kier molecular flexibility index (Phi) is 7.09. The maximum Gasteiger partial charge on any atom is 0.140 e. The van der Waals surface area contributed by atoms with Crippen molar-refractivity contribution in [3.8, 4) is 16.9 Å². The van der Waals surface area contributed by atoms with E-state index in [1.807, 2.05) is 0 Å². The molecule has 1 aliphatic carbocycles. The van der Waals surface area contributed by atoms with Crippen LogP contribution in [0.5, 0.6) is 5.75 Å². The molecule has 0 radical (unpaired) electrons. The first-order valence-electron chi connectivity index (χ1n) is 10.5. The van der Waals surface area contributed by atoms with E-state index in [0.29, 0.717) is 11.7 Å². The molecule has 2 aromatic rings. The topological polar surface area (TPSA) is 26.3 Å². The standard InChI is InChI=1S/C25H32O2/c1-3-4-5-6-17-27-23-14-12-21(13-15-23)20-8-10-22(11-9-20)24-16-7-19(2)18-25(24)26/h8-15,19,24H,3-7,16-18H2,1-2H3/t19-,24+/m1/s1. The van der Waals surface area contributed by atoms with Crippen LogP contribution in [-0.2, 0) is 4.79 Å². The second-order valence-electron chi connectivity index (χ2n) is 7.96. The monoisotopic (exact) mass is 364 g/mol. The summed E-state index contributed by atoms with van der Waals surface area (Å²) in [7, 11) is 0. The zero-order chi connectivity index (χ0) is 19.1. The van der Waals surface area contributed by atoms with Crippen molar-refractivity contribution in [2.24, 2.45) is 5.92 Å². The third-order valence-electron chi connectivity index (χ3n) is 5.65. The molecule has 0 heterocycles. The molecular weight excluding hydrogens is 332 g/mol. The van der Waals surface area contributed by atoms with Crippen LogP contribution in [0.15, 0.2) is 48.5 Å². The molecule has 2 atom stereocenters. The number of Topliss-reactive ketones (excluding diaryl/α,β-unsaturated/α-hetero) is 1. The molecule has 1 saturated carbocycles. The maximum absolute atomic E-state index is 12.3. The number of unbranched alkanes of at least 4 members (excludes halogenated alkanes) is 3. The van der Waals surface area contributed by atoms with Crippen molar-refractivity contribution in [1.82, 2.24) is 0 Å². The van der Waals surface area contributed by atoms with Crippen molar-refractivity contribution in [3.63, 3.8) is 0 Å². The lowest BCUT2D eigenvalue weighted by molar-refractivity contribution is -0.123. The minimum absolute atomic E-state index is 0.0961. The van der Waals surface area contributed by atoms with Gasteiger partial charge in [0.1, 0.15) is 11.5 Å². The van der Waals surface area contributed by atoms with Crippen LogP contribution in [0.1, 0.15) is 70.3 Å². The first-order chi connectivity index (χ1) is 13.2. The van der Waals surface area contributed by atoms with Crippen LogP contribution < -0.4 is 4.74 Å². The number of rotatable bonds is 8. The van der Waals surface area contributed by atoms with E-state index in [4.69, 9.17) is 4.74 Å². The average Bonchev–Trinajstić information content (AvgIpc) is 2.69. The van der Waals surface area contributed by atoms with Gasteiger partial charge < -0.3 is 4.74 Å². The van der Waals surface area contributed by atoms with Crippen molar-refractivity contribution in [2.75, 3.05) is 6.61 Å². The Hall–Kier alpha value is -2.09. The molecule has 2 heteroatoms. The van der Waals surface area contributed by atoms with Crippen molar-refractivity contribution in [3.05, 3.63) is 54.1 Å². The zero-order valence-electron chi connectivity index (χ0n) is 16.7. The molecule has 144 valence electrons. The van der Waals surface area contributed by atoms with E-state index >= 15 is 0 Å². The summed E-state index contributed by atoms with van der Waals surface area (Å²) >= 11 is 0. The largest absolute Gasteiger partial charge is 0.494 e. The minimum Gasteiger partial charge on any atom is -0.494 e. The molecule has 0 N–H and O–H groups in total. The summed E-state index contributed by atoms with van der Waals surface area (Å²) < 4.78 is 5.82. The normalized spacial score (nSPS) is 19.9. The molecule has 1 fully saturated rings. The first-order valence-corrected chi connectivity index (χ1v) is 10.5. The van der Waals surface area contributed by atoms with Crippen molar-refractivity contribution in [2.45, 2.75) is 64.7 Å². The second-order valence-corrected chi connectivity index (χ2v) is 7.96. The quantitative estimate of drug-likeness (QED) is 0.482. The summed E-state index contributed by atoms with van der Waals surface area (Å²) in [6.07, 6.45) is 7.76. The van der Waals surface area contributed by atoms with Crippen LogP contribution in [0.4, 0.5) is 0 Å². The van der Waals surface area contributed by atoms with E-state index in [9.17, 15) is 4.79 Å². The predicted molar refractivity (Wildman–Crippen MR) is 112 cm³/mol. The molecule has 1 aliphatic rings. The Morgan fingerprint density at radius 3 is 2.19 bits per heavy atom. The summed E-state index contributed by atoms with van der Waals surface area (Å²) in [5, 5.41) is 0. The highest BCUT2D eigenvalue weighted by atomic mass is 16.5. The van der Waals surface area contributed by atoms with Gasteiger partial charge in [0.2, 0.25) is 0 Å². The van der Waals surface area contributed by atoms with Crippen LogP contribution in [0, 0.1) is 5.92 Å². The van der Waals surface area contributed by atoms with E-state index < -0.39 is 0 Å². The smallest absolute Gasteiger partial charge is 0.140 e. The van der Waals surface area contributed by atoms with E-state index in [0.717, 1.165) is 38.0 Å². The van der Waals surface area contributed by atoms with Crippen LogP contribution in [0.25, 0.3) is 11.1 Å². The van der Waals surface area contributed by atoms with Crippen LogP contribution >= 0.6 is 0 Å². The molecule has 2 nitrogen and oxygen atoms in total. The Labute approximate surface area is 164 Å². The number of benzene rings is 2. The molecule has 0 amide bonds. The summed E-state index contributed by atoms with van der Waals surface area (Å²) in [5.41, 5.74) is 3.54. The van der Waals surface area contributed by atoms with Gasteiger partial charge in [-0.3, -0.25) is 4.79 Å². The number of ketones is 1. The third-order valence-corrected chi connectivity index (χ3v) is 5.65. The number of carbonyl (C=O) groups excluding carboxylic acids is 1. The SMILES string of the molecule is CCCCCCOc1ccc(-c2ccc([C@@H]3CC[C@@H](C)CC3=O)cc2)cc1. The fourth-order valence-electron chi connectivity index (χ4n) is 3.92. The Bertz CT molecular complexity index is 715. The highest BCUT2D eigenvalue weighted by Gasteiger charge is 2.27. The van der Waals surface area contributed by atoms with Gasteiger partial charge in [0, 0.05) is 12.3 Å². The molecule has 0 bridgehead atoms. The Morgan fingerprint density at radius 1 is 0.889 bits per heavy atom. The van der Waals surface area contributed by atoms with Gasteiger partial charge in [0.25, 0.3) is 0 Å². The minimum atomic E-state index is 0.0961. The molecule has 3 rings (SSSR count). The first kappa shape index (κ1) is 19.7. The lowest BCUT2D eigenvalue weighted by Crippen LogP contribution is -2.21. The number of ether oxygens (including phenoxy) is 1. The molecule has 0 saturated heterocycles. The Morgan fingerprint density at radius 2 is 1.56 bits per heavy atom. The van der Waals surface area contributed by atoms with Gasteiger partial charge in [-0.1, -0.05) is 69.5 Å². The summed E-state index contributed by atoms with van der Waals surface area (Å²) in [6, 6.07) is 16.9. The van der Waals surface area contributed by atoms with Crippen LogP contribution in [0.2, 0.25) is 0 Å². The summed E-state index contributed by atoms with van der Waals surface area (Å²) in [4.78, 5) is 12.3. The van der Waals surface area contributed by atoms with Crippen LogP contribution in [-0.4, -0.2) is 12.4 Å². The molecular formula is C25H32O2. The van der Waals surface area contributed by atoms with Crippen molar-refractivity contribution < 1.29 is 9.53 Å². The van der Waals surface area contributed by atoms with Gasteiger partial charge in [-0.05, 0) is 54.0 Å². The van der Waals surface area contributed by atoms with Gasteiger partial charge in [-0.2, -0.15) is 0 Å². The molecule has 2 aromatic carbocycles. The molecule has 0 aliphatic heterocycles. The van der Waals surface area contributed by atoms with Gasteiger partial charge in [0.15, 0.2) is 0 Å². The lowest BCUT2D eigenvalue weighted by Gasteiger charge is -2.25. The highest BCUT2D eigenvalue weighted by molar-refractivity contribution is 5.86. The van der Waals surface area contributed by atoms with E-state index in [1.165, 1.54) is 36.0 Å². The molecule has 0 aromatic heterocycles. The second kappa shape index (κ2) is 9.73. The van der Waals surface area contributed by atoms with Gasteiger partial charge in [-0.25, -0.2) is 0 Å². The fraction of sp³-hybridized carbons (Fsp3) is 0.480. The van der Waals surface area contributed by atoms with Gasteiger partial charge in [0.05, 0.1) is 6.61 Å². The predicted octanol–water partition coefficient (Wildman–Crippen LogP) is 6.79. The number of carbonyl (C=O) groups is 1. The van der Waals surface area contributed by atoms with E-state index in [2.05, 4.69) is 62.4 Å². The zero-order valence-corrected chi connectivity index (χ0v) is 16.7. The molecule has 0 unspecified atom stereocenters. The number of hydrogen-bond donors (Lipinski definition) is 0. The molecule has 0 spiro atoms. The van der Waals surface area contributed by atoms with Crippen molar-refractivity contribution in [1.29, 1.82) is 0 Å².